The van der Waals surface area contributed by atoms with Crippen molar-refractivity contribution in [2.75, 3.05) is 6.61 Å². The number of benzene rings is 2. The molecule has 108 valence electrons. The fraction of sp³-hybridized carbons (Fsp3) is 0.125. The van der Waals surface area contributed by atoms with Crippen LogP contribution in [-0.4, -0.2) is 18.4 Å². The summed E-state index contributed by atoms with van der Waals surface area (Å²) in [4.78, 5) is 23.6. The van der Waals surface area contributed by atoms with Crippen molar-refractivity contribution >= 4 is 23.4 Å². The summed E-state index contributed by atoms with van der Waals surface area (Å²) in [6.07, 6.45) is 0. The Labute approximate surface area is 126 Å². The molecule has 0 aromatic heterocycles. The maximum absolute atomic E-state index is 12.9. The van der Waals surface area contributed by atoms with Gasteiger partial charge >= 0.3 is 5.97 Å². The van der Waals surface area contributed by atoms with Crippen molar-refractivity contribution in [3.8, 4) is 0 Å². The molecule has 0 saturated heterocycles. The van der Waals surface area contributed by atoms with Crippen LogP contribution in [0, 0.1) is 12.7 Å². The third-order valence-electron chi connectivity index (χ3n) is 2.86. The second kappa shape index (κ2) is 6.50. The standard InChI is InChI=1S/C16H12ClFO3/c1-10-2-4-11(5-3-10)15(19)9-21-16(20)13-7-6-12(18)8-14(13)17/h2-8H,9H2,1H3. The Morgan fingerprint density at radius 2 is 1.81 bits per heavy atom. The number of aryl methyl sites for hydroxylation is 1. The second-order valence-electron chi connectivity index (χ2n) is 4.49. The summed E-state index contributed by atoms with van der Waals surface area (Å²) >= 11 is 5.75. The van der Waals surface area contributed by atoms with E-state index < -0.39 is 18.4 Å². The zero-order valence-corrected chi connectivity index (χ0v) is 12.0. The van der Waals surface area contributed by atoms with E-state index in [1.165, 1.54) is 6.07 Å². The Balaban J connectivity index is 2.00. The third kappa shape index (κ3) is 3.89. The van der Waals surface area contributed by atoms with E-state index in [1.807, 2.05) is 6.92 Å². The molecular weight excluding hydrogens is 295 g/mol. The van der Waals surface area contributed by atoms with Crippen molar-refractivity contribution in [1.82, 2.24) is 0 Å². The molecule has 0 bridgehead atoms. The predicted molar refractivity (Wildman–Crippen MR) is 77.2 cm³/mol. The predicted octanol–water partition coefficient (Wildman–Crippen LogP) is 3.83. The van der Waals surface area contributed by atoms with Gasteiger partial charge in [-0.2, -0.15) is 0 Å². The lowest BCUT2D eigenvalue weighted by atomic mass is 10.1. The van der Waals surface area contributed by atoms with Gasteiger partial charge in [-0.25, -0.2) is 9.18 Å². The van der Waals surface area contributed by atoms with Crippen molar-refractivity contribution in [3.05, 3.63) is 70.0 Å². The first kappa shape index (κ1) is 15.2. The highest BCUT2D eigenvalue weighted by Crippen LogP contribution is 2.18. The summed E-state index contributed by atoms with van der Waals surface area (Å²) < 4.78 is 17.8. The second-order valence-corrected chi connectivity index (χ2v) is 4.90. The highest BCUT2D eigenvalue weighted by atomic mass is 35.5. The minimum absolute atomic E-state index is 0.0229. The van der Waals surface area contributed by atoms with E-state index in [-0.39, 0.29) is 16.4 Å². The molecule has 0 atom stereocenters. The van der Waals surface area contributed by atoms with Gasteiger partial charge in [0, 0.05) is 5.56 Å². The average Bonchev–Trinajstić information content (AvgIpc) is 2.45. The molecule has 0 radical (unpaired) electrons. The Morgan fingerprint density at radius 3 is 2.43 bits per heavy atom. The van der Waals surface area contributed by atoms with E-state index in [1.54, 1.807) is 24.3 Å². The zero-order chi connectivity index (χ0) is 15.4. The van der Waals surface area contributed by atoms with E-state index in [4.69, 9.17) is 16.3 Å². The van der Waals surface area contributed by atoms with Crippen molar-refractivity contribution in [1.29, 1.82) is 0 Å². The Hall–Kier alpha value is -2.20. The minimum atomic E-state index is -0.763. The van der Waals surface area contributed by atoms with E-state index in [9.17, 15) is 14.0 Å². The van der Waals surface area contributed by atoms with Gasteiger partial charge in [-0.3, -0.25) is 4.79 Å². The smallest absolute Gasteiger partial charge is 0.340 e. The lowest BCUT2D eigenvalue weighted by molar-refractivity contribution is 0.0475. The number of ketones is 1. The van der Waals surface area contributed by atoms with E-state index in [0.29, 0.717) is 5.56 Å². The van der Waals surface area contributed by atoms with Crippen LogP contribution >= 0.6 is 11.6 Å². The van der Waals surface area contributed by atoms with E-state index in [0.717, 1.165) is 17.7 Å². The number of hydrogen-bond donors (Lipinski definition) is 0. The number of esters is 1. The Morgan fingerprint density at radius 1 is 1.14 bits per heavy atom. The van der Waals surface area contributed by atoms with Crippen LogP contribution in [-0.2, 0) is 4.74 Å². The summed E-state index contributed by atoms with van der Waals surface area (Å²) in [5.74, 6) is -1.63. The molecule has 0 fully saturated rings. The first-order valence-electron chi connectivity index (χ1n) is 6.19. The molecule has 21 heavy (non-hydrogen) atoms. The van der Waals surface area contributed by atoms with Crippen LogP contribution in [0.25, 0.3) is 0 Å². The van der Waals surface area contributed by atoms with Crippen LogP contribution in [0.2, 0.25) is 5.02 Å². The fourth-order valence-corrected chi connectivity index (χ4v) is 1.93. The molecule has 2 aromatic rings. The summed E-state index contributed by atoms with van der Waals surface area (Å²) in [6.45, 7) is 1.51. The van der Waals surface area contributed by atoms with Gasteiger partial charge in [0.25, 0.3) is 0 Å². The fourth-order valence-electron chi connectivity index (χ4n) is 1.69. The molecule has 0 N–H and O–H groups in total. The summed E-state index contributed by atoms with van der Waals surface area (Å²) in [5, 5.41) is -0.0530. The molecule has 0 saturated carbocycles. The van der Waals surface area contributed by atoms with Crippen LogP contribution in [0.3, 0.4) is 0 Å². The molecule has 0 unspecified atom stereocenters. The maximum Gasteiger partial charge on any atom is 0.340 e. The van der Waals surface area contributed by atoms with Crippen LogP contribution in [0.15, 0.2) is 42.5 Å². The van der Waals surface area contributed by atoms with Gasteiger partial charge in [-0.05, 0) is 25.1 Å². The normalized spacial score (nSPS) is 10.2. The first-order valence-corrected chi connectivity index (χ1v) is 6.57. The van der Waals surface area contributed by atoms with Gasteiger partial charge in [0.05, 0.1) is 10.6 Å². The molecule has 3 nitrogen and oxygen atoms in total. The molecule has 2 aromatic carbocycles. The monoisotopic (exact) mass is 306 g/mol. The number of rotatable bonds is 4. The SMILES string of the molecule is Cc1ccc(C(=O)COC(=O)c2ccc(F)cc2Cl)cc1. The van der Waals surface area contributed by atoms with Crippen LogP contribution in [0.1, 0.15) is 26.3 Å². The average molecular weight is 307 g/mol. The number of hydrogen-bond acceptors (Lipinski definition) is 3. The topological polar surface area (TPSA) is 43.4 Å². The third-order valence-corrected chi connectivity index (χ3v) is 3.17. The Kier molecular flexibility index (Phi) is 4.70. The summed E-state index contributed by atoms with van der Waals surface area (Å²) in [6, 6.07) is 10.3. The summed E-state index contributed by atoms with van der Waals surface area (Å²) in [7, 11) is 0. The summed E-state index contributed by atoms with van der Waals surface area (Å²) in [5.41, 5.74) is 1.51. The van der Waals surface area contributed by atoms with Crippen molar-refractivity contribution in [3.63, 3.8) is 0 Å². The minimum Gasteiger partial charge on any atom is -0.454 e. The van der Waals surface area contributed by atoms with Gasteiger partial charge in [0.15, 0.2) is 12.4 Å². The van der Waals surface area contributed by atoms with Crippen LogP contribution < -0.4 is 0 Å². The van der Waals surface area contributed by atoms with Gasteiger partial charge in [0.2, 0.25) is 0 Å². The van der Waals surface area contributed by atoms with Gasteiger partial charge in [-0.1, -0.05) is 41.4 Å². The van der Waals surface area contributed by atoms with Crippen molar-refractivity contribution in [2.24, 2.45) is 0 Å². The van der Waals surface area contributed by atoms with Gasteiger partial charge in [0.1, 0.15) is 5.82 Å². The number of halogens is 2. The maximum atomic E-state index is 12.9. The first-order chi connectivity index (χ1) is 9.97. The molecule has 0 amide bonds. The molecule has 0 aliphatic heterocycles. The molecular formula is C16H12ClFO3. The lowest BCUT2D eigenvalue weighted by Gasteiger charge is -2.06. The van der Waals surface area contributed by atoms with E-state index >= 15 is 0 Å². The van der Waals surface area contributed by atoms with Gasteiger partial charge < -0.3 is 4.74 Å². The lowest BCUT2D eigenvalue weighted by Crippen LogP contribution is -2.14. The highest BCUT2D eigenvalue weighted by Gasteiger charge is 2.15. The van der Waals surface area contributed by atoms with Crippen molar-refractivity contribution in [2.45, 2.75) is 6.92 Å². The molecule has 2 rings (SSSR count). The van der Waals surface area contributed by atoms with Crippen LogP contribution in [0.4, 0.5) is 4.39 Å². The number of Topliss-reactive ketones (excluding diaryl/α,β-unsaturated/α-hetero) is 1. The molecule has 0 aliphatic rings. The number of carbonyl (C=O) groups excluding carboxylic acids is 2. The quantitative estimate of drug-likeness (QED) is 0.637. The van der Waals surface area contributed by atoms with Crippen LogP contribution in [0.5, 0.6) is 0 Å². The molecule has 0 aliphatic carbocycles. The molecule has 0 heterocycles. The largest absolute Gasteiger partial charge is 0.454 e. The number of carbonyl (C=O) groups is 2. The molecule has 0 spiro atoms. The highest BCUT2D eigenvalue weighted by molar-refractivity contribution is 6.33. The number of ether oxygens (including phenoxy) is 1. The van der Waals surface area contributed by atoms with E-state index in [2.05, 4.69) is 0 Å². The van der Waals surface area contributed by atoms with Gasteiger partial charge in [-0.15, -0.1) is 0 Å². The zero-order valence-electron chi connectivity index (χ0n) is 11.2. The molecule has 5 heteroatoms. The van der Waals surface area contributed by atoms with Crippen molar-refractivity contribution < 1.29 is 18.7 Å². The Bertz CT molecular complexity index is 680.